The summed E-state index contributed by atoms with van der Waals surface area (Å²) in [7, 11) is 0. The van der Waals surface area contributed by atoms with Gasteiger partial charge in [-0.3, -0.25) is 0 Å². The van der Waals surface area contributed by atoms with E-state index in [9.17, 15) is 9.59 Å². The van der Waals surface area contributed by atoms with E-state index in [1.165, 1.54) is 19.3 Å². The zero-order valence-electron chi connectivity index (χ0n) is 18.4. The first-order valence-corrected chi connectivity index (χ1v) is 11.4. The van der Waals surface area contributed by atoms with Gasteiger partial charge in [-0.15, -0.1) is 0 Å². The fourth-order valence-corrected chi connectivity index (χ4v) is 4.35. The zero-order chi connectivity index (χ0) is 22.3. The van der Waals surface area contributed by atoms with E-state index in [0.29, 0.717) is 17.0 Å². The molecule has 2 N–H and O–H groups in total. The molecule has 0 radical (unpaired) electrons. The molecule has 2 aromatic rings. The molecule has 0 unspecified atom stereocenters. The highest BCUT2D eigenvalue weighted by Gasteiger charge is 2.33. The molecule has 1 heterocycles. The molecule has 4 rings (SSSR count). The first kappa shape index (κ1) is 21.9. The smallest absolute Gasteiger partial charge is 0.338 e. The van der Waals surface area contributed by atoms with E-state index in [2.05, 4.69) is 10.6 Å². The molecular formula is C26H30N2O4. The molecule has 1 saturated carbocycles. The second-order valence-electron chi connectivity index (χ2n) is 8.43. The molecule has 6 heteroatoms. The Morgan fingerprint density at radius 1 is 0.906 bits per heavy atom. The highest BCUT2D eigenvalue weighted by molar-refractivity contribution is 5.95. The highest BCUT2D eigenvalue weighted by Crippen LogP contribution is 2.32. The Hall–Kier alpha value is -3.28. The lowest BCUT2D eigenvalue weighted by atomic mass is 9.95. The second-order valence-corrected chi connectivity index (χ2v) is 8.43. The molecule has 168 valence electrons. The summed E-state index contributed by atoms with van der Waals surface area (Å²) in [6.45, 7) is 1.74. The normalized spacial score (nSPS) is 19.9. The van der Waals surface area contributed by atoms with Crippen LogP contribution in [0.1, 0.15) is 63.5 Å². The Bertz CT molecular complexity index is 978. The number of ether oxygens (including phenoxy) is 2. The van der Waals surface area contributed by atoms with Gasteiger partial charge in [-0.1, -0.05) is 49.6 Å². The number of allylic oxidation sites excluding steroid dienone is 1. The molecule has 0 bridgehead atoms. The summed E-state index contributed by atoms with van der Waals surface area (Å²) in [4.78, 5) is 25.5. The van der Waals surface area contributed by atoms with Crippen LogP contribution in [0, 0.1) is 0 Å². The van der Waals surface area contributed by atoms with Crippen LogP contribution in [0.2, 0.25) is 0 Å². The quantitative estimate of drug-likeness (QED) is 0.586. The van der Waals surface area contributed by atoms with Gasteiger partial charge in [-0.05, 0) is 62.4 Å². The summed E-state index contributed by atoms with van der Waals surface area (Å²) in [5, 5.41) is 5.60. The van der Waals surface area contributed by atoms with Crippen LogP contribution in [0.25, 0.3) is 0 Å². The van der Waals surface area contributed by atoms with Crippen molar-refractivity contribution in [2.24, 2.45) is 0 Å². The topological polar surface area (TPSA) is 76.7 Å². The number of carbonyl (C=O) groups excluding carboxylic acids is 2. The summed E-state index contributed by atoms with van der Waals surface area (Å²) in [5.41, 5.74) is 1.71. The van der Waals surface area contributed by atoms with Gasteiger partial charge in [0, 0.05) is 5.70 Å². The molecule has 2 aliphatic rings. The van der Waals surface area contributed by atoms with Gasteiger partial charge >= 0.3 is 12.0 Å². The largest absolute Gasteiger partial charge is 0.459 e. The Morgan fingerprint density at radius 3 is 2.34 bits per heavy atom. The van der Waals surface area contributed by atoms with Crippen LogP contribution in [-0.4, -0.2) is 18.1 Å². The number of rotatable bonds is 5. The van der Waals surface area contributed by atoms with Crippen molar-refractivity contribution in [1.82, 2.24) is 10.6 Å². The maximum atomic E-state index is 13.2. The van der Waals surface area contributed by atoms with E-state index in [1.807, 2.05) is 54.6 Å². The van der Waals surface area contributed by atoms with E-state index in [4.69, 9.17) is 9.47 Å². The molecule has 0 saturated heterocycles. The third-order valence-corrected chi connectivity index (χ3v) is 5.99. The molecule has 32 heavy (non-hydrogen) atoms. The lowest BCUT2D eigenvalue weighted by Crippen LogP contribution is -2.45. The van der Waals surface area contributed by atoms with Gasteiger partial charge in [0.05, 0.1) is 11.6 Å². The molecule has 1 aliphatic heterocycles. The molecule has 1 aliphatic carbocycles. The van der Waals surface area contributed by atoms with Crippen LogP contribution in [0.4, 0.5) is 4.79 Å². The molecule has 0 spiro atoms. The molecule has 0 aromatic heterocycles. The van der Waals surface area contributed by atoms with Crippen molar-refractivity contribution in [1.29, 1.82) is 0 Å². The van der Waals surface area contributed by atoms with Crippen molar-refractivity contribution in [2.45, 2.75) is 64.0 Å². The first-order chi connectivity index (χ1) is 15.6. The number of carbonyl (C=O) groups is 2. The van der Waals surface area contributed by atoms with Crippen molar-refractivity contribution >= 4 is 12.0 Å². The van der Waals surface area contributed by atoms with E-state index in [-0.39, 0.29) is 18.1 Å². The van der Waals surface area contributed by atoms with Crippen LogP contribution in [0.5, 0.6) is 11.5 Å². The van der Waals surface area contributed by atoms with Gasteiger partial charge < -0.3 is 20.1 Å². The van der Waals surface area contributed by atoms with Crippen molar-refractivity contribution in [3.63, 3.8) is 0 Å². The maximum absolute atomic E-state index is 13.2. The number of esters is 1. The molecular weight excluding hydrogens is 404 g/mol. The van der Waals surface area contributed by atoms with Crippen LogP contribution < -0.4 is 15.4 Å². The minimum atomic E-state index is -0.607. The third-order valence-electron chi connectivity index (χ3n) is 5.99. The number of urea groups is 1. The average molecular weight is 435 g/mol. The number of amides is 2. The minimum Gasteiger partial charge on any atom is -0.459 e. The summed E-state index contributed by atoms with van der Waals surface area (Å²) in [6, 6.07) is 16.0. The molecule has 1 atom stereocenters. The van der Waals surface area contributed by atoms with Gasteiger partial charge in [0.2, 0.25) is 0 Å². The van der Waals surface area contributed by atoms with Crippen molar-refractivity contribution in [3.05, 3.63) is 71.4 Å². The van der Waals surface area contributed by atoms with Crippen LogP contribution in [0.15, 0.2) is 65.9 Å². The Balaban J connectivity index is 1.56. The monoisotopic (exact) mass is 434 g/mol. The van der Waals surface area contributed by atoms with Crippen LogP contribution in [-0.2, 0) is 9.53 Å². The predicted octanol–water partition coefficient (Wildman–Crippen LogP) is 5.76. The van der Waals surface area contributed by atoms with E-state index < -0.39 is 6.04 Å². The van der Waals surface area contributed by atoms with Crippen molar-refractivity contribution in [2.75, 3.05) is 0 Å². The maximum Gasteiger partial charge on any atom is 0.338 e. The molecule has 6 nitrogen and oxygen atoms in total. The van der Waals surface area contributed by atoms with E-state index >= 15 is 0 Å². The lowest BCUT2D eigenvalue weighted by molar-refractivity contribution is -0.145. The number of benzene rings is 2. The Labute approximate surface area is 189 Å². The number of para-hydroxylation sites is 1. The van der Waals surface area contributed by atoms with Gasteiger partial charge in [-0.2, -0.15) is 0 Å². The summed E-state index contributed by atoms with van der Waals surface area (Å²) < 4.78 is 11.9. The molecule has 1 fully saturated rings. The fourth-order valence-electron chi connectivity index (χ4n) is 4.35. The van der Waals surface area contributed by atoms with Crippen molar-refractivity contribution in [3.8, 4) is 11.5 Å². The highest BCUT2D eigenvalue weighted by atomic mass is 16.5. The van der Waals surface area contributed by atoms with E-state index in [0.717, 1.165) is 37.0 Å². The minimum absolute atomic E-state index is 0.0749. The van der Waals surface area contributed by atoms with Crippen molar-refractivity contribution < 1.29 is 19.1 Å². The molecule has 2 amide bonds. The molecule has 2 aromatic carbocycles. The Morgan fingerprint density at radius 2 is 1.59 bits per heavy atom. The third kappa shape index (κ3) is 5.49. The predicted molar refractivity (Wildman–Crippen MR) is 122 cm³/mol. The van der Waals surface area contributed by atoms with Gasteiger partial charge in [-0.25, -0.2) is 9.59 Å². The first-order valence-electron chi connectivity index (χ1n) is 11.4. The standard InChI is InChI=1S/C26H30N2O4/c1-18-23(25(29)32-21-14-6-3-2-4-7-15-21)24(28-26(30)27-18)19-11-10-16-22(17-19)31-20-12-8-5-9-13-20/h5,8-13,16-17,21,24H,2-4,6-7,14-15H2,1H3,(H2,27,28,30)/t24-/m0/s1. The number of hydrogen-bond acceptors (Lipinski definition) is 4. The summed E-state index contributed by atoms with van der Waals surface area (Å²) in [6.07, 6.45) is 7.49. The summed E-state index contributed by atoms with van der Waals surface area (Å²) >= 11 is 0. The lowest BCUT2D eigenvalue weighted by Gasteiger charge is -2.30. The van der Waals surface area contributed by atoms with Gasteiger partial charge in [0.25, 0.3) is 0 Å². The SMILES string of the molecule is CC1=C(C(=O)OC2CCCCCCC2)[C@H](c2cccc(Oc3ccccc3)c2)NC(=O)N1. The Kier molecular flexibility index (Phi) is 7.10. The van der Waals surface area contributed by atoms with E-state index in [1.54, 1.807) is 6.92 Å². The fraction of sp³-hybridized carbons (Fsp3) is 0.385. The van der Waals surface area contributed by atoms with Crippen LogP contribution >= 0.6 is 0 Å². The zero-order valence-corrected chi connectivity index (χ0v) is 18.4. The van der Waals surface area contributed by atoms with Crippen LogP contribution in [0.3, 0.4) is 0 Å². The average Bonchev–Trinajstić information content (AvgIpc) is 2.76. The second kappa shape index (κ2) is 10.4. The number of hydrogen-bond donors (Lipinski definition) is 2. The number of nitrogens with one attached hydrogen (secondary N) is 2. The van der Waals surface area contributed by atoms with Gasteiger partial charge in [0.1, 0.15) is 17.6 Å². The van der Waals surface area contributed by atoms with Gasteiger partial charge in [0.15, 0.2) is 0 Å². The summed E-state index contributed by atoms with van der Waals surface area (Å²) in [5.74, 6) is 0.974.